The van der Waals surface area contributed by atoms with Gasteiger partial charge in [0.25, 0.3) is 0 Å². The molecule has 118 valence electrons. The van der Waals surface area contributed by atoms with Crippen LogP contribution in [0.5, 0.6) is 5.75 Å². The van der Waals surface area contributed by atoms with Crippen molar-refractivity contribution in [3.63, 3.8) is 0 Å². The van der Waals surface area contributed by atoms with Gasteiger partial charge in [0.15, 0.2) is 0 Å². The number of methoxy groups -OCH3 is 1. The van der Waals surface area contributed by atoms with Gasteiger partial charge in [-0.15, -0.1) is 0 Å². The lowest BCUT2D eigenvalue weighted by Gasteiger charge is -2.39. The first-order chi connectivity index (χ1) is 10.3. The minimum Gasteiger partial charge on any atom is -0.494 e. The molecule has 0 aliphatic heterocycles. The molecule has 1 saturated carbocycles. The van der Waals surface area contributed by atoms with E-state index in [2.05, 4.69) is 29.6 Å². The molecule has 1 aliphatic rings. The highest BCUT2D eigenvalue weighted by Crippen LogP contribution is 2.40. The van der Waals surface area contributed by atoms with E-state index in [0.717, 1.165) is 18.6 Å². The lowest BCUT2D eigenvalue weighted by Crippen LogP contribution is -2.44. The molecule has 0 saturated heterocycles. The molecule has 3 heteroatoms. The summed E-state index contributed by atoms with van der Waals surface area (Å²) in [5.41, 5.74) is 1.20. The molecule has 0 heterocycles. The summed E-state index contributed by atoms with van der Waals surface area (Å²) in [6.45, 7) is 2.71. The Balaban J connectivity index is 2.23. The van der Waals surface area contributed by atoms with Gasteiger partial charge in [0.1, 0.15) is 5.75 Å². The van der Waals surface area contributed by atoms with Crippen molar-refractivity contribution >= 4 is 0 Å². The molecule has 1 aromatic carbocycles. The van der Waals surface area contributed by atoms with Gasteiger partial charge < -0.3 is 14.8 Å². The highest BCUT2D eigenvalue weighted by molar-refractivity contribution is 5.31. The Kier molecular flexibility index (Phi) is 6.07. The number of nitrogens with one attached hydrogen (secondary N) is 1. The van der Waals surface area contributed by atoms with Gasteiger partial charge in [-0.05, 0) is 44.5 Å². The maximum Gasteiger partial charge on any atom is 0.119 e. The van der Waals surface area contributed by atoms with Crippen molar-refractivity contribution in [3.05, 3.63) is 29.8 Å². The van der Waals surface area contributed by atoms with Gasteiger partial charge in [-0.3, -0.25) is 0 Å². The summed E-state index contributed by atoms with van der Waals surface area (Å²) in [5, 5.41) is 3.49. The van der Waals surface area contributed by atoms with E-state index < -0.39 is 0 Å². The quantitative estimate of drug-likeness (QED) is 0.801. The largest absolute Gasteiger partial charge is 0.494 e. The highest BCUT2D eigenvalue weighted by atomic mass is 16.5. The van der Waals surface area contributed by atoms with Crippen LogP contribution in [0.2, 0.25) is 0 Å². The van der Waals surface area contributed by atoms with Gasteiger partial charge in [0.2, 0.25) is 0 Å². The average Bonchev–Trinajstić information content (AvgIpc) is 2.76. The Morgan fingerprint density at radius 2 is 1.71 bits per heavy atom. The zero-order valence-electron chi connectivity index (χ0n) is 13.7. The molecule has 0 bridgehead atoms. The molecular weight excluding hydrogens is 262 g/mol. The van der Waals surface area contributed by atoms with Gasteiger partial charge in [-0.25, -0.2) is 0 Å². The van der Waals surface area contributed by atoms with E-state index in [9.17, 15) is 0 Å². The number of hydrogen-bond acceptors (Lipinski definition) is 3. The lowest BCUT2D eigenvalue weighted by atomic mass is 9.82. The Bertz CT molecular complexity index is 408. The van der Waals surface area contributed by atoms with Crippen molar-refractivity contribution in [2.45, 2.75) is 57.1 Å². The molecule has 0 radical (unpaired) electrons. The summed E-state index contributed by atoms with van der Waals surface area (Å²) in [6, 6.07) is 8.68. The van der Waals surface area contributed by atoms with Gasteiger partial charge in [-0.1, -0.05) is 37.8 Å². The summed E-state index contributed by atoms with van der Waals surface area (Å²) in [4.78, 5) is 0. The van der Waals surface area contributed by atoms with Crippen LogP contribution >= 0.6 is 0 Å². The molecule has 1 unspecified atom stereocenters. The Labute approximate surface area is 129 Å². The second-order valence-electron chi connectivity index (χ2n) is 5.91. The Morgan fingerprint density at radius 3 is 2.19 bits per heavy atom. The van der Waals surface area contributed by atoms with Crippen molar-refractivity contribution in [1.29, 1.82) is 0 Å². The molecule has 0 aromatic heterocycles. The van der Waals surface area contributed by atoms with Crippen LogP contribution in [-0.2, 0) is 4.74 Å². The zero-order valence-corrected chi connectivity index (χ0v) is 13.7. The van der Waals surface area contributed by atoms with E-state index in [0.29, 0.717) is 6.61 Å². The fourth-order valence-corrected chi connectivity index (χ4v) is 3.59. The smallest absolute Gasteiger partial charge is 0.119 e. The first-order valence-electron chi connectivity index (χ1n) is 8.21. The maximum atomic E-state index is 6.05. The van der Waals surface area contributed by atoms with Crippen molar-refractivity contribution < 1.29 is 9.47 Å². The molecule has 1 aliphatic carbocycles. The van der Waals surface area contributed by atoms with E-state index in [4.69, 9.17) is 9.47 Å². The Morgan fingerprint density at radius 1 is 1.10 bits per heavy atom. The number of hydrogen-bond donors (Lipinski definition) is 1. The first kappa shape index (κ1) is 16.3. The molecule has 0 spiro atoms. The third-order valence-electron chi connectivity index (χ3n) is 4.70. The normalized spacial score (nSPS) is 19.8. The van der Waals surface area contributed by atoms with Gasteiger partial charge in [0.05, 0.1) is 18.2 Å². The number of ether oxygens (including phenoxy) is 2. The maximum absolute atomic E-state index is 6.05. The van der Waals surface area contributed by atoms with Gasteiger partial charge in [0, 0.05) is 7.11 Å². The van der Waals surface area contributed by atoms with E-state index in [1.807, 2.05) is 21.1 Å². The predicted octanol–water partition coefficient (Wildman–Crippen LogP) is 4.09. The van der Waals surface area contributed by atoms with Crippen LogP contribution in [0.4, 0.5) is 0 Å². The fourth-order valence-electron chi connectivity index (χ4n) is 3.59. The van der Waals surface area contributed by atoms with Crippen LogP contribution in [0.1, 0.15) is 57.1 Å². The number of rotatable bonds is 6. The molecular formula is C18H29NO2. The summed E-state index contributed by atoms with van der Waals surface area (Å²) in [7, 11) is 3.90. The minimum absolute atomic E-state index is 0.0849. The molecule has 1 atom stereocenters. The van der Waals surface area contributed by atoms with Gasteiger partial charge >= 0.3 is 0 Å². The van der Waals surface area contributed by atoms with Crippen LogP contribution < -0.4 is 10.1 Å². The molecule has 3 nitrogen and oxygen atoms in total. The topological polar surface area (TPSA) is 30.5 Å². The third kappa shape index (κ3) is 3.78. The number of benzene rings is 1. The predicted molar refractivity (Wildman–Crippen MR) is 86.9 cm³/mol. The van der Waals surface area contributed by atoms with E-state index in [1.165, 1.54) is 31.2 Å². The zero-order chi connectivity index (χ0) is 15.1. The van der Waals surface area contributed by atoms with Gasteiger partial charge in [-0.2, -0.15) is 0 Å². The minimum atomic E-state index is -0.0849. The first-order valence-corrected chi connectivity index (χ1v) is 8.21. The standard InChI is InChI=1S/C18H29NO2/c1-4-21-16-11-9-15(10-12-16)17(19-2)18(20-3)13-7-5-6-8-14-18/h9-12,17,19H,4-8,13-14H2,1-3H3. The number of likely N-dealkylation sites (N-methyl/N-ethyl adjacent to an activating group) is 1. The van der Waals surface area contributed by atoms with E-state index in [-0.39, 0.29) is 11.6 Å². The van der Waals surface area contributed by atoms with E-state index in [1.54, 1.807) is 0 Å². The summed E-state index contributed by atoms with van der Waals surface area (Å²) >= 11 is 0. The van der Waals surface area contributed by atoms with Crippen LogP contribution in [0.15, 0.2) is 24.3 Å². The molecule has 1 aromatic rings. The molecule has 1 fully saturated rings. The van der Waals surface area contributed by atoms with Crippen LogP contribution in [-0.4, -0.2) is 26.4 Å². The summed E-state index contributed by atoms with van der Waals surface area (Å²) in [6.07, 6.45) is 7.41. The molecule has 21 heavy (non-hydrogen) atoms. The van der Waals surface area contributed by atoms with Crippen molar-refractivity contribution in [1.82, 2.24) is 5.32 Å². The lowest BCUT2D eigenvalue weighted by molar-refractivity contribution is -0.0522. The van der Waals surface area contributed by atoms with Crippen LogP contribution in [0, 0.1) is 0 Å². The fraction of sp³-hybridized carbons (Fsp3) is 0.667. The second kappa shape index (κ2) is 7.81. The summed E-state index contributed by atoms with van der Waals surface area (Å²) < 4.78 is 11.6. The van der Waals surface area contributed by atoms with Crippen LogP contribution in [0.25, 0.3) is 0 Å². The second-order valence-corrected chi connectivity index (χ2v) is 5.91. The van der Waals surface area contributed by atoms with Crippen LogP contribution in [0.3, 0.4) is 0 Å². The third-order valence-corrected chi connectivity index (χ3v) is 4.70. The van der Waals surface area contributed by atoms with Crippen molar-refractivity contribution in [2.75, 3.05) is 20.8 Å². The van der Waals surface area contributed by atoms with Crippen molar-refractivity contribution in [3.8, 4) is 5.75 Å². The Hall–Kier alpha value is -1.06. The average molecular weight is 291 g/mol. The molecule has 2 rings (SSSR count). The van der Waals surface area contributed by atoms with Crippen molar-refractivity contribution in [2.24, 2.45) is 0 Å². The highest BCUT2D eigenvalue weighted by Gasteiger charge is 2.39. The monoisotopic (exact) mass is 291 g/mol. The summed E-state index contributed by atoms with van der Waals surface area (Å²) in [5.74, 6) is 0.934. The molecule has 0 amide bonds. The van der Waals surface area contributed by atoms with E-state index >= 15 is 0 Å². The molecule has 1 N–H and O–H groups in total. The SMILES string of the molecule is CCOc1ccc(C(NC)C2(OC)CCCCCC2)cc1.